The van der Waals surface area contributed by atoms with Crippen molar-refractivity contribution in [2.45, 2.75) is 31.2 Å². The van der Waals surface area contributed by atoms with Gasteiger partial charge in [0.25, 0.3) is 0 Å². The first-order chi connectivity index (χ1) is 15.8. The van der Waals surface area contributed by atoms with Crippen LogP contribution in [0.15, 0.2) is 41.3 Å². The third kappa shape index (κ3) is 5.21. The number of hydrogen-bond donors (Lipinski definition) is 2. The van der Waals surface area contributed by atoms with E-state index in [9.17, 15) is 13.2 Å². The van der Waals surface area contributed by atoms with Crippen molar-refractivity contribution in [3.8, 4) is 17.2 Å². The molecule has 1 atom stereocenters. The molecular weight excluding hydrogens is 466 g/mol. The summed E-state index contributed by atoms with van der Waals surface area (Å²) in [5.41, 5.74) is 0.713. The molecule has 1 amide bonds. The van der Waals surface area contributed by atoms with Gasteiger partial charge in [-0.1, -0.05) is 25.2 Å². The molecule has 1 aromatic heterocycles. The van der Waals surface area contributed by atoms with Crippen molar-refractivity contribution >= 4 is 42.6 Å². The second kappa shape index (κ2) is 9.54. The van der Waals surface area contributed by atoms with Crippen LogP contribution in [0, 0.1) is 5.92 Å². The molecule has 1 unspecified atom stereocenters. The molecule has 33 heavy (non-hydrogen) atoms. The van der Waals surface area contributed by atoms with Gasteiger partial charge in [-0.25, -0.2) is 13.4 Å². The fraction of sp³-hybridized carbons (Fsp3) is 0.364. The summed E-state index contributed by atoms with van der Waals surface area (Å²) in [4.78, 5) is 17.4. The van der Waals surface area contributed by atoms with E-state index in [1.165, 1.54) is 23.5 Å². The molecule has 0 radical (unpaired) electrons. The lowest BCUT2D eigenvalue weighted by Gasteiger charge is -2.21. The molecule has 0 bridgehead atoms. The Labute approximate surface area is 196 Å². The average molecular weight is 492 g/mol. The number of nitrogens with zero attached hydrogens (tertiary/aromatic N) is 1. The highest BCUT2D eigenvalue weighted by Gasteiger charge is 2.30. The van der Waals surface area contributed by atoms with Crippen molar-refractivity contribution in [2.24, 2.45) is 5.92 Å². The predicted octanol–water partition coefficient (Wildman–Crippen LogP) is 3.41. The minimum Gasteiger partial charge on any atom is -0.497 e. The van der Waals surface area contributed by atoms with Crippen LogP contribution in [0.4, 0.5) is 5.13 Å². The number of carbonyl (C=O) groups excluding carboxylic acids is 1. The second-order valence-corrected chi connectivity index (χ2v) is 10.6. The Kier molecular flexibility index (Phi) is 6.73. The van der Waals surface area contributed by atoms with Gasteiger partial charge in [0.2, 0.25) is 15.9 Å². The van der Waals surface area contributed by atoms with E-state index in [1.54, 1.807) is 39.2 Å². The molecular formula is C22H25N3O6S2. The van der Waals surface area contributed by atoms with Crippen LogP contribution in [0.5, 0.6) is 17.2 Å². The van der Waals surface area contributed by atoms with Gasteiger partial charge < -0.3 is 19.5 Å². The quantitative estimate of drug-likeness (QED) is 0.520. The Balaban J connectivity index is 1.53. The monoisotopic (exact) mass is 491 g/mol. The van der Waals surface area contributed by atoms with Gasteiger partial charge in [-0.15, -0.1) is 0 Å². The molecule has 2 aromatic carbocycles. The topological polar surface area (TPSA) is 116 Å². The van der Waals surface area contributed by atoms with Crippen LogP contribution >= 0.6 is 11.3 Å². The van der Waals surface area contributed by atoms with Crippen molar-refractivity contribution < 1.29 is 27.4 Å². The second-order valence-electron chi connectivity index (χ2n) is 7.84. The van der Waals surface area contributed by atoms with Gasteiger partial charge in [0.1, 0.15) is 11.8 Å². The molecule has 0 saturated heterocycles. The van der Waals surface area contributed by atoms with Gasteiger partial charge in [0, 0.05) is 12.5 Å². The summed E-state index contributed by atoms with van der Waals surface area (Å²) in [5.74, 6) is 0.749. The lowest BCUT2D eigenvalue weighted by molar-refractivity contribution is -0.118. The molecule has 4 rings (SSSR count). The molecule has 176 valence electrons. The first-order valence-corrected chi connectivity index (χ1v) is 12.7. The van der Waals surface area contributed by atoms with Gasteiger partial charge in [-0.3, -0.25) is 4.79 Å². The molecule has 2 N–H and O–H groups in total. The van der Waals surface area contributed by atoms with Crippen LogP contribution in [-0.4, -0.2) is 45.7 Å². The lowest BCUT2D eigenvalue weighted by Crippen LogP contribution is -2.47. The SMILES string of the molecule is COc1ccc2nc(NC(=O)C(NS(=O)(=O)c3ccc4c(c3)OCCCO4)C(C)C)sc2c1. The Bertz CT molecular complexity index is 1270. The van der Waals surface area contributed by atoms with Crippen molar-refractivity contribution in [1.82, 2.24) is 9.71 Å². The smallest absolute Gasteiger partial charge is 0.244 e. The van der Waals surface area contributed by atoms with Gasteiger partial charge in [-0.2, -0.15) is 4.72 Å². The molecule has 2 heterocycles. The number of sulfonamides is 1. The molecule has 0 aliphatic carbocycles. The van der Waals surface area contributed by atoms with Crippen molar-refractivity contribution in [3.63, 3.8) is 0 Å². The first kappa shape index (κ1) is 23.3. The number of rotatable bonds is 7. The molecule has 0 saturated carbocycles. The zero-order chi connectivity index (χ0) is 23.6. The van der Waals surface area contributed by atoms with Crippen molar-refractivity contribution in [3.05, 3.63) is 36.4 Å². The predicted molar refractivity (Wildman–Crippen MR) is 126 cm³/mol. The summed E-state index contributed by atoms with van der Waals surface area (Å²) in [7, 11) is -2.42. The minimum atomic E-state index is -4.00. The molecule has 9 nitrogen and oxygen atoms in total. The molecule has 1 aliphatic heterocycles. The number of ether oxygens (including phenoxy) is 3. The highest BCUT2D eigenvalue weighted by molar-refractivity contribution is 7.89. The highest BCUT2D eigenvalue weighted by Crippen LogP contribution is 2.32. The van der Waals surface area contributed by atoms with Gasteiger partial charge in [0.05, 0.1) is 35.4 Å². The molecule has 3 aromatic rings. The van der Waals surface area contributed by atoms with E-state index >= 15 is 0 Å². The molecule has 0 fully saturated rings. The summed E-state index contributed by atoms with van der Waals surface area (Å²) >= 11 is 1.29. The van der Waals surface area contributed by atoms with E-state index in [1.807, 2.05) is 6.07 Å². The Morgan fingerprint density at radius 3 is 2.61 bits per heavy atom. The van der Waals surface area contributed by atoms with Crippen molar-refractivity contribution in [1.29, 1.82) is 0 Å². The van der Waals surface area contributed by atoms with E-state index < -0.39 is 22.0 Å². The zero-order valence-corrected chi connectivity index (χ0v) is 20.1. The summed E-state index contributed by atoms with van der Waals surface area (Å²) in [6, 6.07) is 8.82. The summed E-state index contributed by atoms with van der Waals surface area (Å²) < 4.78 is 45.9. The number of amides is 1. The van der Waals surface area contributed by atoms with E-state index in [4.69, 9.17) is 14.2 Å². The van der Waals surface area contributed by atoms with E-state index in [-0.39, 0.29) is 10.8 Å². The minimum absolute atomic E-state index is 0.00252. The van der Waals surface area contributed by atoms with Crippen LogP contribution in [0.3, 0.4) is 0 Å². The Morgan fingerprint density at radius 2 is 1.88 bits per heavy atom. The number of methoxy groups -OCH3 is 1. The normalized spacial score (nSPS) is 14.7. The molecule has 11 heteroatoms. The van der Waals surface area contributed by atoms with Gasteiger partial charge >= 0.3 is 0 Å². The highest BCUT2D eigenvalue weighted by atomic mass is 32.2. The van der Waals surface area contributed by atoms with Crippen LogP contribution < -0.4 is 24.2 Å². The van der Waals surface area contributed by atoms with E-state index in [2.05, 4.69) is 15.0 Å². The van der Waals surface area contributed by atoms with E-state index in [0.717, 1.165) is 4.70 Å². The maximum Gasteiger partial charge on any atom is 0.244 e. The number of aromatic nitrogens is 1. The van der Waals surface area contributed by atoms with Crippen LogP contribution in [0.25, 0.3) is 10.2 Å². The maximum absolute atomic E-state index is 13.1. The number of anilines is 1. The third-order valence-corrected chi connectivity index (χ3v) is 7.46. The van der Waals surface area contributed by atoms with Gasteiger partial charge in [0.15, 0.2) is 16.6 Å². The number of nitrogens with one attached hydrogen (secondary N) is 2. The largest absolute Gasteiger partial charge is 0.497 e. The van der Waals surface area contributed by atoms with Crippen LogP contribution in [0.1, 0.15) is 20.3 Å². The fourth-order valence-electron chi connectivity index (χ4n) is 3.31. The van der Waals surface area contributed by atoms with Crippen LogP contribution in [0.2, 0.25) is 0 Å². The summed E-state index contributed by atoms with van der Waals surface area (Å²) in [6.45, 7) is 4.48. The standard InChI is InChI=1S/C22H25N3O6S2/c1-13(2)20(21(26)24-22-23-16-7-5-14(29-3)11-19(16)32-22)25-33(27,28)15-6-8-17-18(12-15)31-10-4-9-30-17/h5-8,11-13,20,25H,4,9-10H2,1-3H3,(H,23,24,26). The van der Waals surface area contributed by atoms with Crippen molar-refractivity contribution in [2.75, 3.05) is 25.6 Å². The first-order valence-electron chi connectivity index (χ1n) is 10.4. The molecule has 1 aliphatic rings. The fourth-order valence-corrected chi connectivity index (χ4v) is 5.56. The Morgan fingerprint density at radius 1 is 1.12 bits per heavy atom. The number of carbonyl (C=O) groups is 1. The Hall–Kier alpha value is -2.89. The van der Waals surface area contributed by atoms with Crippen LogP contribution in [-0.2, 0) is 14.8 Å². The maximum atomic E-state index is 13.1. The number of hydrogen-bond acceptors (Lipinski definition) is 8. The summed E-state index contributed by atoms with van der Waals surface area (Å²) in [5, 5.41) is 3.12. The molecule has 0 spiro atoms. The summed E-state index contributed by atoms with van der Waals surface area (Å²) in [6.07, 6.45) is 0.711. The van der Waals surface area contributed by atoms with Gasteiger partial charge in [-0.05, 0) is 36.2 Å². The average Bonchev–Trinajstić information content (AvgIpc) is 3.02. The lowest BCUT2D eigenvalue weighted by atomic mass is 10.1. The zero-order valence-electron chi connectivity index (χ0n) is 18.5. The number of thiazole rings is 1. The van der Waals surface area contributed by atoms with E-state index in [0.29, 0.717) is 47.5 Å². The third-order valence-electron chi connectivity index (χ3n) is 5.09. The number of benzene rings is 2. The number of fused-ring (bicyclic) bond motifs is 2.